The van der Waals surface area contributed by atoms with Crippen molar-refractivity contribution in [1.29, 1.82) is 0 Å². The summed E-state index contributed by atoms with van der Waals surface area (Å²) in [7, 11) is 5.57. The number of nitrogens with zero attached hydrogens (tertiary/aromatic N) is 6. The largest absolute Gasteiger partial charge is 0.471 e. The number of alkyl halides is 3. The molecule has 3 N–H and O–H groups in total. The molecule has 2 atom stereocenters. The molecule has 4 rings (SSSR count). The van der Waals surface area contributed by atoms with Crippen LogP contribution in [0.2, 0.25) is 0 Å². The Bertz CT molecular complexity index is 1260. The molecule has 0 aromatic carbocycles. The van der Waals surface area contributed by atoms with Gasteiger partial charge in [0.15, 0.2) is 5.82 Å². The predicted molar refractivity (Wildman–Crippen MR) is 134 cm³/mol. The molecular weight excluding hydrogens is 505 g/mol. The summed E-state index contributed by atoms with van der Waals surface area (Å²) in [5.74, 6) is -0.596. The van der Waals surface area contributed by atoms with Gasteiger partial charge in [-0.25, -0.2) is 4.98 Å². The van der Waals surface area contributed by atoms with Crippen molar-refractivity contribution in [2.24, 2.45) is 24.1 Å². The Morgan fingerprint density at radius 2 is 2.05 bits per heavy atom. The number of ether oxygens (including phenoxy) is 1. The van der Waals surface area contributed by atoms with E-state index in [0.29, 0.717) is 30.2 Å². The quantitative estimate of drug-likeness (QED) is 0.527. The molecule has 2 aliphatic rings. The minimum absolute atomic E-state index is 0.00149. The lowest BCUT2D eigenvalue weighted by atomic mass is 9.81. The van der Waals surface area contributed by atoms with Gasteiger partial charge in [0.1, 0.15) is 30.0 Å². The number of amides is 2. The first-order chi connectivity index (χ1) is 17.7. The molecule has 0 radical (unpaired) electrons. The van der Waals surface area contributed by atoms with Crippen LogP contribution < -0.4 is 20.9 Å². The summed E-state index contributed by atoms with van der Waals surface area (Å²) in [6.07, 6.45) is -1.24. The van der Waals surface area contributed by atoms with Gasteiger partial charge in [-0.2, -0.15) is 18.3 Å². The number of hydrogen-bond donors (Lipinski definition) is 2. The summed E-state index contributed by atoms with van der Waals surface area (Å²) in [6, 6.07) is 2.95. The number of carbonyl (C=O) groups excluding carboxylic acids is 2. The van der Waals surface area contributed by atoms with E-state index in [-0.39, 0.29) is 23.3 Å². The number of aryl methyl sites for hydroxylation is 1. The molecule has 4 heterocycles. The summed E-state index contributed by atoms with van der Waals surface area (Å²) in [4.78, 5) is 35.0. The number of carbonyl (C=O) groups is 2. The van der Waals surface area contributed by atoms with Crippen molar-refractivity contribution in [1.82, 2.24) is 19.7 Å². The van der Waals surface area contributed by atoms with E-state index < -0.39 is 30.3 Å². The molecule has 1 saturated heterocycles. The Morgan fingerprint density at radius 3 is 2.68 bits per heavy atom. The first kappa shape index (κ1) is 27.2. The van der Waals surface area contributed by atoms with Crippen molar-refractivity contribution in [3.8, 4) is 0 Å². The highest BCUT2D eigenvalue weighted by Gasteiger charge is 2.50. The van der Waals surface area contributed by atoms with Crippen molar-refractivity contribution in [3.05, 3.63) is 42.0 Å². The van der Waals surface area contributed by atoms with Gasteiger partial charge < -0.3 is 20.7 Å². The maximum absolute atomic E-state index is 13.6. The summed E-state index contributed by atoms with van der Waals surface area (Å²) in [5.41, 5.74) is 5.79. The third kappa shape index (κ3) is 5.26. The van der Waals surface area contributed by atoms with Gasteiger partial charge in [-0.1, -0.05) is 13.8 Å². The second-order valence-electron chi connectivity index (χ2n) is 10.3. The van der Waals surface area contributed by atoms with Crippen LogP contribution in [0.15, 0.2) is 36.5 Å². The fraction of sp³-hybridized carbons (Fsp3) is 0.500. The molecule has 206 valence electrons. The summed E-state index contributed by atoms with van der Waals surface area (Å²) in [6.45, 7) is 3.62. The second kappa shape index (κ2) is 9.82. The predicted octanol–water partition coefficient (Wildman–Crippen LogP) is 2.20. The molecule has 11 nitrogen and oxygen atoms in total. The molecule has 2 aromatic heterocycles. The van der Waals surface area contributed by atoms with Crippen molar-refractivity contribution in [3.63, 3.8) is 0 Å². The van der Waals surface area contributed by atoms with E-state index in [2.05, 4.69) is 15.4 Å². The summed E-state index contributed by atoms with van der Waals surface area (Å²) in [5, 5.41) is 6.78. The molecule has 0 saturated carbocycles. The Labute approximate surface area is 218 Å². The lowest BCUT2D eigenvalue weighted by molar-refractivity contribution is -0.125. The Balaban J connectivity index is 1.73. The summed E-state index contributed by atoms with van der Waals surface area (Å²) < 4.78 is 45.5. The van der Waals surface area contributed by atoms with Crippen LogP contribution in [0.1, 0.15) is 25.6 Å². The topological polar surface area (TPSA) is 122 Å². The fourth-order valence-corrected chi connectivity index (χ4v) is 4.71. The number of primary amides is 1. The van der Waals surface area contributed by atoms with E-state index in [9.17, 15) is 22.8 Å². The van der Waals surface area contributed by atoms with Gasteiger partial charge >= 0.3 is 6.18 Å². The monoisotopic (exact) mass is 536 g/mol. The molecule has 2 aromatic rings. The highest BCUT2D eigenvalue weighted by molar-refractivity contribution is 6.03. The van der Waals surface area contributed by atoms with E-state index in [0.717, 1.165) is 0 Å². The van der Waals surface area contributed by atoms with Crippen LogP contribution in [-0.4, -0.2) is 71.4 Å². The zero-order valence-corrected chi connectivity index (χ0v) is 21.8. The maximum Gasteiger partial charge on any atom is 0.405 e. The number of hydrogen-bond acceptors (Lipinski definition) is 8. The number of nitrogens with two attached hydrogens (primary N) is 1. The average molecular weight is 537 g/mol. The van der Waals surface area contributed by atoms with Gasteiger partial charge in [0.05, 0.1) is 6.20 Å². The molecule has 0 spiro atoms. The molecule has 2 unspecified atom stereocenters. The number of pyridine rings is 1. The number of aromatic nitrogens is 3. The molecule has 14 heteroatoms. The molecular formula is C24H31F3N8O3. The van der Waals surface area contributed by atoms with Gasteiger partial charge in [0.2, 0.25) is 12.1 Å². The molecule has 0 bridgehead atoms. The first-order valence-electron chi connectivity index (χ1n) is 11.9. The molecule has 2 amide bonds. The Kier molecular flexibility index (Phi) is 7.03. The molecule has 0 aliphatic carbocycles. The van der Waals surface area contributed by atoms with Crippen LogP contribution in [0.25, 0.3) is 0 Å². The van der Waals surface area contributed by atoms with Crippen LogP contribution in [0.4, 0.5) is 30.5 Å². The Morgan fingerprint density at radius 1 is 1.34 bits per heavy atom. The standard InChI is InChI=1S/C24H31F3N8O3/c1-23(2)15(9-32(3)4)10-34(22(23)37)20-16(11-33(5)31-20)35-17(19(28)36)12-38-21(35)14-6-7-29-18(8-14)30-13-24(25,26)27/h6-8,11-12,15,21H,9-10,13H2,1-5H3,(H2,28,36)(H,29,30). The van der Waals surface area contributed by atoms with E-state index in [1.807, 2.05) is 32.8 Å². The van der Waals surface area contributed by atoms with Crippen molar-refractivity contribution in [2.75, 3.05) is 48.8 Å². The zero-order valence-electron chi connectivity index (χ0n) is 21.8. The minimum Gasteiger partial charge on any atom is -0.471 e. The third-order valence-corrected chi connectivity index (χ3v) is 6.71. The normalized spacial score (nSPS) is 21.2. The fourth-order valence-electron chi connectivity index (χ4n) is 4.71. The van der Waals surface area contributed by atoms with E-state index >= 15 is 0 Å². The third-order valence-electron chi connectivity index (χ3n) is 6.71. The molecule has 2 aliphatic heterocycles. The van der Waals surface area contributed by atoms with E-state index in [1.54, 1.807) is 24.2 Å². The number of nitrogens with one attached hydrogen (secondary N) is 1. The smallest absolute Gasteiger partial charge is 0.405 e. The highest BCUT2D eigenvalue weighted by atomic mass is 19.4. The minimum atomic E-state index is -4.43. The number of rotatable bonds is 8. The van der Waals surface area contributed by atoms with Crippen molar-refractivity contribution < 1.29 is 27.5 Å². The van der Waals surface area contributed by atoms with E-state index in [4.69, 9.17) is 10.5 Å². The van der Waals surface area contributed by atoms with Crippen LogP contribution >= 0.6 is 0 Å². The Hall–Kier alpha value is -3.81. The zero-order chi connectivity index (χ0) is 28.0. The van der Waals surface area contributed by atoms with Crippen LogP contribution in [0, 0.1) is 11.3 Å². The van der Waals surface area contributed by atoms with E-state index in [1.165, 1.54) is 28.1 Å². The van der Waals surface area contributed by atoms with Crippen LogP contribution in [0.5, 0.6) is 0 Å². The van der Waals surface area contributed by atoms with Crippen LogP contribution in [-0.2, 0) is 21.4 Å². The van der Waals surface area contributed by atoms with Gasteiger partial charge in [0.25, 0.3) is 5.91 Å². The summed E-state index contributed by atoms with van der Waals surface area (Å²) >= 11 is 0. The van der Waals surface area contributed by atoms with Gasteiger partial charge in [-0.15, -0.1) is 0 Å². The van der Waals surface area contributed by atoms with Crippen molar-refractivity contribution >= 4 is 29.1 Å². The van der Waals surface area contributed by atoms with Gasteiger partial charge in [-0.05, 0) is 26.2 Å². The van der Waals surface area contributed by atoms with Crippen molar-refractivity contribution in [2.45, 2.75) is 26.3 Å². The SMILES string of the molecule is CN(C)CC1CN(c2nn(C)cc2N2C(C(N)=O)=COC2c2ccnc(NCC(F)(F)F)c2)C(=O)C1(C)C. The molecule has 38 heavy (non-hydrogen) atoms. The average Bonchev–Trinajstić information content (AvgIpc) is 3.48. The molecule has 1 fully saturated rings. The van der Waals surface area contributed by atoms with Gasteiger partial charge in [-0.3, -0.25) is 24.1 Å². The highest BCUT2D eigenvalue weighted by Crippen LogP contribution is 2.45. The lowest BCUT2D eigenvalue weighted by Crippen LogP contribution is -2.35. The first-order valence-corrected chi connectivity index (χ1v) is 11.9. The number of anilines is 3. The number of halogens is 3. The van der Waals surface area contributed by atoms with Gasteiger partial charge in [0, 0.05) is 43.2 Å². The van der Waals surface area contributed by atoms with Crippen LogP contribution in [0.3, 0.4) is 0 Å². The maximum atomic E-state index is 13.6. The second-order valence-corrected chi connectivity index (χ2v) is 10.3. The lowest BCUT2D eigenvalue weighted by Gasteiger charge is -2.28.